The van der Waals surface area contributed by atoms with E-state index < -0.39 is 13.7 Å². The maximum absolute atomic E-state index is 12.0. The van der Waals surface area contributed by atoms with Crippen LogP contribution >= 0.6 is 0 Å². The van der Waals surface area contributed by atoms with Gasteiger partial charge >= 0.3 is 0 Å². The van der Waals surface area contributed by atoms with Crippen molar-refractivity contribution >= 4 is 11.0 Å². The van der Waals surface area contributed by atoms with Crippen molar-refractivity contribution in [2.45, 2.75) is 79.9 Å². The Balaban J connectivity index is 0.00000676. The van der Waals surface area contributed by atoms with Crippen LogP contribution in [0.25, 0.3) is 83.9 Å². The van der Waals surface area contributed by atoms with E-state index in [1.807, 2.05) is 109 Å². The molecule has 0 amide bonds. The standard InChI is InChI=1S/C60H56N3O.Pt/c1-37-19-21-41(22-20-37)44-27-28-61-53(35-44)46-32-45(33-48(34-46)60(8,9)10)49-17-14-18-54-56(49)62-58(52-30-38(2)29-40(4)57(52)64)63(54)55-31-39(3)50(42-15-12-11-13-16-42)36-51(55)43-23-25-47(26-24-43)59(5,6)7;/h11-31,33-36,64H,1-10H3;/q-1;/i1D3,3D3;. The summed E-state index contributed by atoms with van der Waals surface area (Å²) >= 11 is 0. The number of phenolic OH excluding ortho intramolecular Hbond substituents is 1. The summed E-state index contributed by atoms with van der Waals surface area (Å²) in [5.41, 5.74) is 14.2. The smallest absolute Gasteiger partial charge is 0.148 e. The van der Waals surface area contributed by atoms with Crippen LogP contribution in [0.15, 0.2) is 152 Å². The third-order valence-electron chi connectivity index (χ3n) is 12.2. The van der Waals surface area contributed by atoms with Gasteiger partial charge in [0.1, 0.15) is 11.6 Å². The van der Waals surface area contributed by atoms with Crippen molar-refractivity contribution in [3.63, 3.8) is 0 Å². The van der Waals surface area contributed by atoms with Gasteiger partial charge in [-0.25, -0.2) is 4.98 Å². The molecule has 0 saturated heterocycles. The number of fused-ring (bicyclic) bond motifs is 1. The van der Waals surface area contributed by atoms with Crippen LogP contribution in [0.2, 0.25) is 0 Å². The summed E-state index contributed by atoms with van der Waals surface area (Å²) in [6.07, 6.45) is 1.76. The molecule has 65 heavy (non-hydrogen) atoms. The molecule has 0 saturated carbocycles. The Morgan fingerprint density at radius 1 is 0.554 bits per heavy atom. The van der Waals surface area contributed by atoms with E-state index >= 15 is 0 Å². The van der Waals surface area contributed by atoms with E-state index in [-0.39, 0.29) is 48.8 Å². The first-order valence-corrected chi connectivity index (χ1v) is 21.8. The molecule has 4 nitrogen and oxygen atoms in total. The van der Waals surface area contributed by atoms with Crippen LogP contribution < -0.4 is 0 Å². The summed E-state index contributed by atoms with van der Waals surface area (Å²) in [5, 5.41) is 12.0. The van der Waals surface area contributed by atoms with Crippen LogP contribution in [0.1, 0.15) is 83.1 Å². The van der Waals surface area contributed by atoms with Crippen molar-refractivity contribution in [3.8, 4) is 78.6 Å². The van der Waals surface area contributed by atoms with E-state index in [4.69, 9.17) is 18.2 Å². The van der Waals surface area contributed by atoms with Crippen LogP contribution in [0, 0.1) is 33.6 Å². The number of aromatic hydroxyl groups is 1. The molecule has 0 bridgehead atoms. The van der Waals surface area contributed by atoms with Crippen molar-refractivity contribution in [2.24, 2.45) is 0 Å². The Hall–Kier alpha value is -6.35. The number of rotatable bonds is 7. The molecule has 328 valence electrons. The molecule has 0 aliphatic heterocycles. The normalized spacial score (nSPS) is 13.5. The van der Waals surface area contributed by atoms with Crippen LogP contribution in [-0.2, 0) is 31.9 Å². The Morgan fingerprint density at radius 2 is 1.25 bits per heavy atom. The minimum Gasteiger partial charge on any atom is -0.507 e. The number of imidazole rings is 1. The molecule has 0 aliphatic carbocycles. The topological polar surface area (TPSA) is 50.9 Å². The van der Waals surface area contributed by atoms with E-state index in [9.17, 15) is 5.11 Å². The zero-order chi connectivity index (χ0) is 50.1. The van der Waals surface area contributed by atoms with E-state index in [0.717, 1.165) is 55.6 Å². The maximum atomic E-state index is 12.0. The van der Waals surface area contributed by atoms with Gasteiger partial charge in [-0.15, -0.1) is 29.3 Å². The number of para-hydroxylation sites is 1. The summed E-state index contributed by atoms with van der Waals surface area (Å²) in [6, 6.07) is 50.6. The molecule has 9 aromatic rings. The maximum Gasteiger partial charge on any atom is 0.148 e. The molecule has 0 fully saturated rings. The van der Waals surface area contributed by atoms with E-state index in [1.54, 1.807) is 24.4 Å². The van der Waals surface area contributed by atoms with Crippen LogP contribution in [0.4, 0.5) is 0 Å². The number of aromatic nitrogens is 3. The average molecular weight is 1040 g/mol. The van der Waals surface area contributed by atoms with E-state index in [2.05, 4.69) is 84.0 Å². The molecular weight excluding hydrogens is 974 g/mol. The number of hydrogen-bond donors (Lipinski definition) is 1. The number of pyridine rings is 1. The fourth-order valence-electron chi connectivity index (χ4n) is 8.59. The molecule has 0 spiro atoms. The van der Waals surface area contributed by atoms with Crippen molar-refractivity contribution < 1.29 is 34.4 Å². The van der Waals surface area contributed by atoms with Gasteiger partial charge in [0, 0.05) is 46.7 Å². The Bertz CT molecular complexity index is 3430. The molecule has 2 heterocycles. The van der Waals surface area contributed by atoms with Gasteiger partial charge in [0.25, 0.3) is 0 Å². The molecule has 2 aromatic heterocycles. The monoisotopic (exact) mass is 1040 g/mol. The van der Waals surface area contributed by atoms with Crippen molar-refractivity contribution in [1.82, 2.24) is 14.5 Å². The largest absolute Gasteiger partial charge is 0.507 e. The van der Waals surface area contributed by atoms with Crippen molar-refractivity contribution in [3.05, 3.63) is 191 Å². The van der Waals surface area contributed by atoms with Gasteiger partial charge in [-0.1, -0.05) is 161 Å². The molecular formula is C60H56N3OPt-. The van der Waals surface area contributed by atoms with Gasteiger partial charge in [-0.05, 0) is 119 Å². The molecule has 0 aliphatic rings. The first kappa shape index (κ1) is 38.0. The van der Waals surface area contributed by atoms with Gasteiger partial charge < -0.3 is 5.11 Å². The van der Waals surface area contributed by atoms with Crippen molar-refractivity contribution in [1.29, 1.82) is 0 Å². The van der Waals surface area contributed by atoms with Gasteiger partial charge in [0.2, 0.25) is 0 Å². The summed E-state index contributed by atoms with van der Waals surface area (Å²) in [6.45, 7) is 12.2. The molecule has 0 radical (unpaired) electrons. The molecule has 5 heteroatoms. The molecule has 1 N–H and O–H groups in total. The zero-order valence-corrected chi connectivity index (χ0v) is 40.3. The summed E-state index contributed by atoms with van der Waals surface area (Å²) < 4.78 is 52.5. The van der Waals surface area contributed by atoms with Crippen LogP contribution in [0.5, 0.6) is 5.75 Å². The summed E-state index contributed by atoms with van der Waals surface area (Å²) in [7, 11) is 0. The third kappa shape index (κ3) is 8.90. The molecule has 0 unspecified atom stereocenters. The van der Waals surface area contributed by atoms with Crippen LogP contribution in [-0.4, -0.2) is 19.6 Å². The second-order valence-electron chi connectivity index (χ2n) is 19.0. The van der Waals surface area contributed by atoms with Gasteiger partial charge in [-0.2, -0.15) is 0 Å². The number of hydrogen-bond acceptors (Lipinski definition) is 3. The predicted octanol–water partition coefficient (Wildman–Crippen LogP) is 15.8. The number of phenols is 1. The van der Waals surface area contributed by atoms with Gasteiger partial charge in [-0.3, -0.25) is 9.55 Å². The Labute approximate surface area is 407 Å². The predicted molar refractivity (Wildman–Crippen MR) is 268 cm³/mol. The number of nitrogens with zero attached hydrogens (tertiary/aromatic N) is 3. The van der Waals surface area contributed by atoms with Gasteiger partial charge in [0.05, 0.1) is 22.3 Å². The van der Waals surface area contributed by atoms with E-state index in [0.29, 0.717) is 44.9 Å². The van der Waals surface area contributed by atoms with Gasteiger partial charge in [0.15, 0.2) is 0 Å². The first-order valence-electron chi connectivity index (χ1n) is 24.8. The zero-order valence-electron chi connectivity index (χ0n) is 44.0. The molecule has 9 rings (SSSR count). The van der Waals surface area contributed by atoms with Crippen LogP contribution in [0.3, 0.4) is 0 Å². The van der Waals surface area contributed by atoms with Crippen molar-refractivity contribution in [2.75, 3.05) is 0 Å². The quantitative estimate of drug-likeness (QED) is 0.162. The SMILES string of the molecule is [2H]C([2H])([2H])c1ccc(-c2ccnc(-c3[c-]c(-c4cccc5c4nc(-c4cc(C)cc(C)c4O)n5-c4cc(C([2H])([2H])[2H])c(-c5ccccc5)cc4-c4ccc(C(C)(C)C)cc4)cc(C(C)(C)C)c3)c2)cc1.[Pt]. The summed E-state index contributed by atoms with van der Waals surface area (Å²) in [4.78, 5) is 10.3. The molecule has 0 atom stereocenters. The summed E-state index contributed by atoms with van der Waals surface area (Å²) in [5.74, 6) is 0.536. The second-order valence-corrected chi connectivity index (χ2v) is 19.0. The fraction of sp³-hybridized carbons (Fsp3) is 0.200. The number of aryl methyl sites for hydroxylation is 4. The minimum absolute atomic E-state index is 0. The minimum atomic E-state index is -2.50. The first-order chi connectivity index (χ1) is 33.0. The van der Waals surface area contributed by atoms with E-state index in [1.165, 1.54) is 5.56 Å². The fourth-order valence-corrected chi connectivity index (χ4v) is 8.59. The Kier molecular flexibility index (Phi) is 10.3. The Morgan fingerprint density at radius 3 is 1.94 bits per heavy atom. The third-order valence-corrected chi connectivity index (χ3v) is 12.2. The molecule has 7 aromatic carbocycles. The average Bonchev–Trinajstić information content (AvgIpc) is 3.71. The number of benzene rings is 7. The second kappa shape index (κ2) is 17.6.